The van der Waals surface area contributed by atoms with Gasteiger partial charge in [0.05, 0.1) is 0 Å². The predicted octanol–water partition coefficient (Wildman–Crippen LogP) is 2.41. The molecule has 1 aromatic carbocycles. The molecule has 0 heterocycles. The minimum Gasteiger partial charge on any atom is -0.481 e. The van der Waals surface area contributed by atoms with Crippen LogP contribution in [0.2, 0.25) is 0 Å². The number of carboxylic acids is 1. The molecular weight excluding hydrogens is 229 g/mol. The molecule has 0 saturated heterocycles. The summed E-state index contributed by atoms with van der Waals surface area (Å²) in [7, 11) is 0. The van der Waals surface area contributed by atoms with Gasteiger partial charge in [0.1, 0.15) is 5.82 Å². The lowest BCUT2D eigenvalue weighted by Crippen LogP contribution is -2.15. The van der Waals surface area contributed by atoms with Gasteiger partial charge in [-0.2, -0.15) is 0 Å². The average molecular weight is 243 g/mol. The molecule has 1 aromatic rings. The lowest BCUT2D eigenvalue weighted by molar-refractivity contribution is -0.137. The maximum Gasteiger partial charge on any atom is 0.303 e. The van der Waals surface area contributed by atoms with Gasteiger partial charge in [-0.1, -0.05) is 6.07 Å². The van der Waals surface area contributed by atoms with Crippen LogP contribution in [-0.4, -0.2) is 17.3 Å². The lowest BCUT2D eigenvalue weighted by atomic mass is 10.0. The molecule has 0 aliphatic carbocycles. The quantitative estimate of drug-likeness (QED) is 0.779. The van der Waals surface area contributed by atoms with Crippen molar-refractivity contribution in [2.24, 2.45) is 5.73 Å². The van der Waals surface area contributed by atoms with Gasteiger partial charge in [-0.3, -0.25) is 4.79 Å². The highest BCUT2D eigenvalue weighted by molar-refractivity contribution is 7.98. The summed E-state index contributed by atoms with van der Waals surface area (Å²) in [5.41, 5.74) is 6.22. The summed E-state index contributed by atoms with van der Waals surface area (Å²) in [4.78, 5) is 11.2. The Balaban J connectivity index is 2.88. The van der Waals surface area contributed by atoms with Gasteiger partial charge in [-0.25, -0.2) is 4.39 Å². The van der Waals surface area contributed by atoms with Crippen molar-refractivity contribution < 1.29 is 14.3 Å². The maximum absolute atomic E-state index is 13.6. The van der Waals surface area contributed by atoms with Gasteiger partial charge in [-0.05, 0) is 24.8 Å². The van der Waals surface area contributed by atoms with Crippen molar-refractivity contribution in [1.82, 2.24) is 0 Å². The zero-order valence-electron chi connectivity index (χ0n) is 8.94. The molecule has 0 bridgehead atoms. The fourth-order valence-electron chi connectivity index (χ4n) is 1.48. The standard InChI is InChI=1S/C11H14FNO2S/c1-16-9-4-2-3-7(12)11(9)8(13)5-6-10(14)15/h2-4,8H,5-6,13H2,1H3,(H,14,15). The van der Waals surface area contributed by atoms with Gasteiger partial charge in [0.25, 0.3) is 0 Å². The maximum atomic E-state index is 13.6. The van der Waals surface area contributed by atoms with E-state index in [1.807, 2.05) is 6.26 Å². The first-order chi connectivity index (χ1) is 7.56. The SMILES string of the molecule is CSc1cccc(F)c1C(N)CCC(=O)O. The predicted molar refractivity (Wildman–Crippen MR) is 62.0 cm³/mol. The first-order valence-electron chi connectivity index (χ1n) is 4.86. The number of carboxylic acid groups (broad SMARTS) is 1. The minimum atomic E-state index is -0.919. The van der Waals surface area contributed by atoms with E-state index in [2.05, 4.69) is 0 Å². The molecule has 3 nitrogen and oxygen atoms in total. The Hall–Kier alpha value is -1.07. The lowest BCUT2D eigenvalue weighted by Gasteiger charge is -2.15. The smallest absolute Gasteiger partial charge is 0.303 e. The van der Waals surface area contributed by atoms with Crippen molar-refractivity contribution >= 4 is 17.7 Å². The average Bonchev–Trinajstić information content (AvgIpc) is 2.25. The topological polar surface area (TPSA) is 63.3 Å². The zero-order chi connectivity index (χ0) is 12.1. The van der Waals surface area contributed by atoms with Gasteiger partial charge in [-0.15, -0.1) is 11.8 Å². The molecule has 0 aromatic heterocycles. The van der Waals surface area contributed by atoms with E-state index in [0.717, 1.165) is 4.90 Å². The highest BCUT2D eigenvalue weighted by Crippen LogP contribution is 2.29. The van der Waals surface area contributed by atoms with Crippen molar-refractivity contribution in [2.75, 3.05) is 6.26 Å². The van der Waals surface area contributed by atoms with Gasteiger partial charge >= 0.3 is 5.97 Å². The van der Waals surface area contributed by atoms with Crippen LogP contribution in [0.1, 0.15) is 24.4 Å². The Morgan fingerprint density at radius 3 is 2.88 bits per heavy atom. The second-order valence-electron chi connectivity index (χ2n) is 3.39. The van der Waals surface area contributed by atoms with E-state index in [9.17, 15) is 9.18 Å². The number of thioether (sulfide) groups is 1. The van der Waals surface area contributed by atoms with E-state index in [-0.39, 0.29) is 18.7 Å². The minimum absolute atomic E-state index is 0.0523. The number of carbonyl (C=O) groups is 1. The number of benzene rings is 1. The molecule has 5 heteroatoms. The van der Waals surface area contributed by atoms with Crippen LogP contribution in [0.3, 0.4) is 0 Å². The normalized spacial score (nSPS) is 12.4. The second kappa shape index (κ2) is 5.86. The van der Waals surface area contributed by atoms with Gasteiger partial charge in [0, 0.05) is 22.9 Å². The fraction of sp³-hybridized carbons (Fsp3) is 0.364. The third kappa shape index (κ3) is 3.21. The molecule has 3 N–H and O–H groups in total. The Morgan fingerprint density at radius 2 is 2.31 bits per heavy atom. The molecule has 88 valence electrons. The van der Waals surface area contributed by atoms with Crippen LogP contribution in [0.5, 0.6) is 0 Å². The van der Waals surface area contributed by atoms with E-state index in [1.165, 1.54) is 17.8 Å². The highest BCUT2D eigenvalue weighted by atomic mass is 32.2. The zero-order valence-corrected chi connectivity index (χ0v) is 9.76. The van der Waals surface area contributed by atoms with E-state index < -0.39 is 12.0 Å². The third-order valence-electron chi connectivity index (χ3n) is 2.27. The Morgan fingerprint density at radius 1 is 1.62 bits per heavy atom. The monoisotopic (exact) mass is 243 g/mol. The summed E-state index contributed by atoms with van der Waals surface area (Å²) in [5, 5.41) is 8.55. The van der Waals surface area contributed by atoms with Crippen molar-refractivity contribution in [3.05, 3.63) is 29.6 Å². The van der Waals surface area contributed by atoms with E-state index >= 15 is 0 Å². The van der Waals surface area contributed by atoms with Crippen LogP contribution >= 0.6 is 11.8 Å². The number of rotatable bonds is 5. The van der Waals surface area contributed by atoms with Crippen LogP contribution in [0, 0.1) is 5.82 Å². The summed E-state index contributed by atoms with van der Waals surface area (Å²) in [6, 6.07) is 4.17. The number of halogens is 1. The summed E-state index contributed by atoms with van der Waals surface area (Å²) >= 11 is 1.40. The number of aliphatic carboxylic acids is 1. The molecular formula is C11H14FNO2S. The van der Waals surface area contributed by atoms with Crippen molar-refractivity contribution in [2.45, 2.75) is 23.8 Å². The van der Waals surface area contributed by atoms with Crippen LogP contribution in [0.25, 0.3) is 0 Å². The van der Waals surface area contributed by atoms with Crippen LogP contribution in [0.15, 0.2) is 23.1 Å². The van der Waals surface area contributed by atoms with E-state index in [1.54, 1.807) is 12.1 Å². The Bertz CT molecular complexity index is 384. The Kier molecular flexibility index (Phi) is 4.76. The van der Waals surface area contributed by atoms with Gasteiger partial charge < -0.3 is 10.8 Å². The first-order valence-corrected chi connectivity index (χ1v) is 6.08. The highest BCUT2D eigenvalue weighted by Gasteiger charge is 2.16. The number of hydrogen-bond donors (Lipinski definition) is 2. The van der Waals surface area contributed by atoms with Gasteiger partial charge in [0.15, 0.2) is 0 Å². The fourth-order valence-corrected chi connectivity index (χ4v) is 2.16. The first kappa shape index (κ1) is 13.0. The van der Waals surface area contributed by atoms with Crippen LogP contribution < -0.4 is 5.73 Å². The number of hydrogen-bond acceptors (Lipinski definition) is 3. The molecule has 0 saturated carbocycles. The summed E-state index contributed by atoms with van der Waals surface area (Å²) in [5.74, 6) is -1.29. The molecule has 0 aliphatic heterocycles. The van der Waals surface area contributed by atoms with Crippen molar-refractivity contribution in [3.8, 4) is 0 Å². The molecule has 0 fully saturated rings. The third-order valence-corrected chi connectivity index (χ3v) is 3.07. The summed E-state index contributed by atoms with van der Waals surface area (Å²) in [6.07, 6.45) is 2.02. The van der Waals surface area contributed by atoms with Crippen molar-refractivity contribution in [3.63, 3.8) is 0 Å². The second-order valence-corrected chi connectivity index (χ2v) is 4.24. The summed E-state index contributed by atoms with van der Waals surface area (Å²) < 4.78 is 13.6. The van der Waals surface area contributed by atoms with Crippen LogP contribution in [0.4, 0.5) is 4.39 Å². The number of nitrogens with two attached hydrogens (primary N) is 1. The molecule has 0 aliphatic rings. The van der Waals surface area contributed by atoms with Gasteiger partial charge in [0.2, 0.25) is 0 Å². The summed E-state index contributed by atoms with van der Waals surface area (Å²) in [6.45, 7) is 0. The molecule has 1 unspecified atom stereocenters. The largest absolute Gasteiger partial charge is 0.481 e. The Labute approximate surface area is 97.8 Å². The molecule has 0 radical (unpaired) electrons. The molecule has 0 amide bonds. The molecule has 0 spiro atoms. The molecule has 16 heavy (non-hydrogen) atoms. The van der Waals surface area contributed by atoms with E-state index in [4.69, 9.17) is 10.8 Å². The molecule has 1 atom stereocenters. The van der Waals surface area contributed by atoms with E-state index in [0.29, 0.717) is 5.56 Å². The molecule has 1 rings (SSSR count). The van der Waals surface area contributed by atoms with Crippen LogP contribution in [-0.2, 0) is 4.79 Å². The van der Waals surface area contributed by atoms with Crippen molar-refractivity contribution in [1.29, 1.82) is 0 Å².